The summed E-state index contributed by atoms with van der Waals surface area (Å²) < 4.78 is 28.3. The van der Waals surface area contributed by atoms with Gasteiger partial charge in [-0.1, -0.05) is 6.07 Å². The highest BCUT2D eigenvalue weighted by Crippen LogP contribution is 2.31. The molecule has 144 valence electrons. The van der Waals surface area contributed by atoms with Crippen LogP contribution in [0.15, 0.2) is 65.0 Å². The van der Waals surface area contributed by atoms with Gasteiger partial charge in [-0.2, -0.15) is 0 Å². The molecule has 3 aromatic rings. The van der Waals surface area contributed by atoms with E-state index in [4.69, 9.17) is 0 Å². The van der Waals surface area contributed by atoms with Gasteiger partial charge in [0.25, 0.3) is 10.0 Å². The number of nitrogens with zero attached hydrogens (tertiary/aromatic N) is 2. The van der Waals surface area contributed by atoms with E-state index in [-0.39, 0.29) is 4.21 Å². The Labute approximate surface area is 167 Å². The molecule has 1 aliphatic heterocycles. The van der Waals surface area contributed by atoms with E-state index >= 15 is 0 Å². The van der Waals surface area contributed by atoms with Gasteiger partial charge in [0, 0.05) is 43.5 Å². The minimum Gasteiger partial charge on any atom is -0.371 e. The van der Waals surface area contributed by atoms with Crippen LogP contribution in [-0.2, 0) is 14.8 Å². The number of benzene rings is 1. The van der Waals surface area contributed by atoms with Gasteiger partial charge in [0.05, 0.1) is 10.6 Å². The third-order valence-electron chi connectivity index (χ3n) is 4.57. The maximum Gasteiger partial charge on any atom is 0.271 e. The molecular weight excluding hydrogens is 394 g/mol. The molecule has 1 fully saturated rings. The summed E-state index contributed by atoms with van der Waals surface area (Å²) in [6.45, 7) is 1.41. The molecule has 0 atom stereocenters. The van der Waals surface area contributed by atoms with Crippen LogP contribution in [0.3, 0.4) is 0 Å². The number of anilines is 2. The molecule has 0 amide bonds. The third kappa shape index (κ3) is 4.07. The van der Waals surface area contributed by atoms with Gasteiger partial charge in [-0.25, -0.2) is 8.42 Å². The first-order valence-corrected chi connectivity index (χ1v) is 11.2. The van der Waals surface area contributed by atoms with Crippen molar-refractivity contribution in [3.05, 3.63) is 60.8 Å². The Balaban J connectivity index is 1.47. The van der Waals surface area contributed by atoms with Gasteiger partial charge in [-0.15, -0.1) is 11.3 Å². The van der Waals surface area contributed by atoms with Crippen molar-refractivity contribution in [3.8, 4) is 10.6 Å². The van der Waals surface area contributed by atoms with Crippen LogP contribution in [0.1, 0.15) is 12.8 Å². The molecule has 3 heterocycles. The van der Waals surface area contributed by atoms with E-state index in [1.165, 1.54) is 11.3 Å². The van der Waals surface area contributed by atoms with Gasteiger partial charge in [0.2, 0.25) is 0 Å². The second-order valence-electron chi connectivity index (χ2n) is 6.51. The number of pyridine rings is 1. The standard InChI is InChI=1S/C20H19N3O3S2/c24-17-10-13-23(14-11-17)16-6-4-15(5-7-16)22-28(25,26)20-9-8-19(27-20)18-3-1-2-12-21-18/h1-9,12,22H,10-11,13-14H2. The predicted molar refractivity (Wildman–Crippen MR) is 111 cm³/mol. The molecular formula is C20H19N3O3S2. The number of Topliss-reactive ketones (excluding diaryl/α,β-unsaturated/α-hetero) is 1. The number of hydrogen-bond donors (Lipinski definition) is 1. The van der Waals surface area contributed by atoms with Gasteiger partial charge in [0.15, 0.2) is 0 Å². The summed E-state index contributed by atoms with van der Waals surface area (Å²) in [6.07, 6.45) is 2.80. The summed E-state index contributed by atoms with van der Waals surface area (Å²) >= 11 is 1.19. The average molecular weight is 414 g/mol. The van der Waals surface area contributed by atoms with Gasteiger partial charge in [-0.05, 0) is 48.5 Å². The molecule has 0 radical (unpaired) electrons. The highest BCUT2D eigenvalue weighted by molar-refractivity contribution is 7.94. The molecule has 1 aromatic carbocycles. The molecule has 0 spiro atoms. The molecule has 1 N–H and O–H groups in total. The first kappa shape index (κ1) is 18.6. The summed E-state index contributed by atoms with van der Waals surface area (Å²) in [6, 6.07) is 16.1. The summed E-state index contributed by atoms with van der Waals surface area (Å²) in [7, 11) is -3.66. The number of thiophene rings is 1. The van der Waals surface area contributed by atoms with Gasteiger partial charge in [-0.3, -0.25) is 14.5 Å². The number of carbonyl (C=O) groups is 1. The number of carbonyl (C=O) groups excluding carboxylic acids is 1. The number of ketones is 1. The number of sulfonamides is 1. The van der Waals surface area contributed by atoms with Crippen LogP contribution in [0.25, 0.3) is 10.6 Å². The molecule has 8 heteroatoms. The minimum absolute atomic E-state index is 0.242. The number of rotatable bonds is 5. The Morgan fingerprint density at radius 3 is 2.39 bits per heavy atom. The monoisotopic (exact) mass is 413 g/mol. The van der Waals surface area contributed by atoms with Crippen molar-refractivity contribution < 1.29 is 13.2 Å². The van der Waals surface area contributed by atoms with Crippen LogP contribution in [0.5, 0.6) is 0 Å². The Bertz CT molecular complexity index is 1070. The molecule has 4 rings (SSSR count). The number of piperidine rings is 1. The number of aromatic nitrogens is 1. The fourth-order valence-corrected chi connectivity index (χ4v) is 5.41. The molecule has 1 aliphatic rings. The van der Waals surface area contributed by atoms with Crippen LogP contribution < -0.4 is 9.62 Å². The van der Waals surface area contributed by atoms with E-state index in [0.717, 1.165) is 16.3 Å². The second-order valence-corrected chi connectivity index (χ2v) is 9.50. The molecule has 0 unspecified atom stereocenters. The molecule has 0 aliphatic carbocycles. The van der Waals surface area contributed by atoms with Crippen molar-refractivity contribution >= 4 is 38.5 Å². The SMILES string of the molecule is O=C1CCN(c2ccc(NS(=O)(=O)c3ccc(-c4ccccn4)s3)cc2)CC1. The van der Waals surface area contributed by atoms with E-state index in [1.807, 2.05) is 30.3 Å². The van der Waals surface area contributed by atoms with Crippen LogP contribution in [0, 0.1) is 0 Å². The van der Waals surface area contributed by atoms with E-state index in [1.54, 1.807) is 30.5 Å². The zero-order valence-corrected chi connectivity index (χ0v) is 16.7. The predicted octanol–water partition coefficient (Wildman–Crippen LogP) is 3.78. The van der Waals surface area contributed by atoms with E-state index in [9.17, 15) is 13.2 Å². The Hall–Kier alpha value is -2.71. The number of hydrogen-bond acceptors (Lipinski definition) is 6. The Morgan fingerprint density at radius 1 is 0.964 bits per heavy atom. The van der Waals surface area contributed by atoms with Crippen LogP contribution >= 0.6 is 11.3 Å². The maximum atomic E-state index is 12.7. The van der Waals surface area contributed by atoms with Crippen molar-refractivity contribution in [2.45, 2.75) is 17.1 Å². The summed E-state index contributed by atoms with van der Waals surface area (Å²) in [5.41, 5.74) is 2.24. The largest absolute Gasteiger partial charge is 0.371 e. The van der Waals surface area contributed by atoms with Crippen molar-refractivity contribution in [2.75, 3.05) is 22.7 Å². The zero-order chi connectivity index (χ0) is 19.6. The topological polar surface area (TPSA) is 79.4 Å². The minimum atomic E-state index is -3.66. The lowest BCUT2D eigenvalue weighted by atomic mass is 10.1. The van der Waals surface area contributed by atoms with Crippen molar-refractivity contribution in [3.63, 3.8) is 0 Å². The lowest BCUT2D eigenvalue weighted by molar-refractivity contribution is -0.119. The average Bonchev–Trinajstić information content (AvgIpc) is 3.21. The van der Waals surface area contributed by atoms with E-state index in [2.05, 4.69) is 14.6 Å². The Morgan fingerprint density at radius 2 is 1.71 bits per heavy atom. The normalized spacial score (nSPS) is 14.9. The third-order valence-corrected chi connectivity index (χ3v) is 7.55. The molecule has 28 heavy (non-hydrogen) atoms. The lowest BCUT2D eigenvalue weighted by Gasteiger charge is -2.28. The van der Waals surface area contributed by atoms with Gasteiger partial charge in [0.1, 0.15) is 9.99 Å². The van der Waals surface area contributed by atoms with Crippen molar-refractivity contribution in [2.24, 2.45) is 0 Å². The summed E-state index contributed by atoms with van der Waals surface area (Å²) in [4.78, 5) is 18.6. The van der Waals surface area contributed by atoms with Gasteiger partial charge < -0.3 is 4.90 Å². The van der Waals surface area contributed by atoms with Crippen molar-refractivity contribution in [1.29, 1.82) is 0 Å². The second kappa shape index (κ2) is 7.73. The molecule has 2 aromatic heterocycles. The highest BCUT2D eigenvalue weighted by Gasteiger charge is 2.19. The quantitative estimate of drug-likeness (QED) is 0.689. The van der Waals surface area contributed by atoms with Crippen molar-refractivity contribution in [1.82, 2.24) is 4.98 Å². The van der Waals surface area contributed by atoms with E-state index < -0.39 is 10.0 Å². The van der Waals surface area contributed by atoms with Crippen LogP contribution in [0.2, 0.25) is 0 Å². The smallest absolute Gasteiger partial charge is 0.271 e. The van der Waals surface area contributed by atoms with Crippen LogP contribution in [0.4, 0.5) is 11.4 Å². The molecule has 6 nitrogen and oxygen atoms in total. The first-order chi connectivity index (χ1) is 13.5. The fourth-order valence-electron chi connectivity index (χ4n) is 3.07. The lowest BCUT2D eigenvalue weighted by Crippen LogP contribution is -2.33. The van der Waals surface area contributed by atoms with E-state index in [0.29, 0.717) is 37.4 Å². The summed E-state index contributed by atoms with van der Waals surface area (Å²) in [5.74, 6) is 0.293. The summed E-state index contributed by atoms with van der Waals surface area (Å²) in [5, 5.41) is 0. The maximum absolute atomic E-state index is 12.7. The zero-order valence-electron chi connectivity index (χ0n) is 15.0. The molecule has 1 saturated heterocycles. The molecule has 0 saturated carbocycles. The number of nitrogens with one attached hydrogen (secondary N) is 1. The Kier molecular flexibility index (Phi) is 5.15. The first-order valence-electron chi connectivity index (χ1n) is 8.92. The highest BCUT2D eigenvalue weighted by atomic mass is 32.2. The molecule has 0 bridgehead atoms. The van der Waals surface area contributed by atoms with Gasteiger partial charge >= 0.3 is 0 Å². The van der Waals surface area contributed by atoms with Crippen LogP contribution in [-0.4, -0.2) is 32.3 Å². The fraction of sp³-hybridized carbons (Fsp3) is 0.200.